The summed E-state index contributed by atoms with van der Waals surface area (Å²) in [6.07, 6.45) is 6.60. The summed E-state index contributed by atoms with van der Waals surface area (Å²) in [6.45, 7) is 2.65. The standard InChI is InChI=1S/C29H35F3O4/c1-2-3-9-23(28(33)34)18-24-19-26(35-17-16-21-7-5-4-6-8-21)14-15-27(24)36-20-22-10-12-25(13-11-22)29(30,31)32/h10-15,18-19,21H,2-9,16-17,20H2,1H3,(H,33,34)/b23-18+. The average molecular weight is 505 g/mol. The van der Waals surface area contributed by atoms with Gasteiger partial charge in [-0.15, -0.1) is 0 Å². The third-order valence-electron chi connectivity index (χ3n) is 6.58. The van der Waals surface area contributed by atoms with Gasteiger partial charge in [-0.05, 0) is 67.2 Å². The lowest BCUT2D eigenvalue weighted by Crippen LogP contribution is -2.10. The van der Waals surface area contributed by atoms with Gasteiger partial charge < -0.3 is 14.6 Å². The summed E-state index contributed by atoms with van der Waals surface area (Å²) >= 11 is 0. The molecule has 0 aliphatic heterocycles. The molecular weight excluding hydrogens is 469 g/mol. The van der Waals surface area contributed by atoms with E-state index in [1.807, 2.05) is 6.92 Å². The highest BCUT2D eigenvalue weighted by Crippen LogP contribution is 2.31. The molecule has 36 heavy (non-hydrogen) atoms. The van der Waals surface area contributed by atoms with Crippen molar-refractivity contribution < 1.29 is 32.5 Å². The van der Waals surface area contributed by atoms with E-state index in [4.69, 9.17) is 9.47 Å². The first-order valence-corrected chi connectivity index (χ1v) is 12.8. The van der Waals surface area contributed by atoms with Crippen LogP contribution in [0, 0.1) is 5.92 Å². The van der Waals surface area contributed by atoms with Crippen LogP contribution in [0.5, 0.6) is 11.5 Å². The van der Waals surface area contributed by atoms with Crippen LogP contribution >= 0.6 is 0 Å². The average Bonchev–Trinajstić information content (AvgIpc) is 2.86. The minimum atomic E-state index is -4.39. The van der Waals surface area contributed by atoms with Crippen molar-refractivity contribution in [2.45, 2.75) is 77.5 Å². The van der Waals surface area contributed by atoms with Crippen molar-refractivity contribution >= 4 is 12.0 Å². The number of unbranched alkanes of at least 4 members (excludes halogenated alkanes) is 1. The van der Waals surface area contributed by atoms with E-state index in [9.17, 15) is 23.1 Å². The van der Waals surface area contributed by atoms with Crippen molar-refractivity contribution in [3.63, 3.8) is 0 Å². The number of carboxylic acids is 1. The lowest BCUT2D eigenvalue weighted by atomic mass is 9.87. The monoisotopic (exact) mass is 504 g/mol. The lowest BCUT2D eigenvalue weighted by Gasteiger charge is -2.21. The number of halogens is 3. The predicted molar refractivity (Wildman–Crippen MR) is 134 cm³/mol. The van der Waals surface area contributed by atoms with Gasteiger partial charge in [0.15, 0.2) is 0 Å². The maximum atomic E-state index is 12.8. The summed E-state index contributed by atoms with van der Waals surface area (Å²) in [7, 11) is 0. The molecule has 1 aliphatic carbocycles. The summed E-state index contributed by atoms with van der Waals surface area (Å²) in [4.78, 5) is 11.8. The molecule has 0 unspecified atom stereocenters. The zero-order chi connectivity index (χ0) is 26.0. The molecule has 0 spiro atoms. The second-order valence-electron chi connectivity index (χ2n) is 9.40. The molecule has 196 valence electrons. The fourth-order valence-electron chi connectivity index (χ4n) is 4.43. The Labute approximate surface area is 211 Å². The molecule has 2 aromatic rings. The van der Waals surface area contributed by atoms with Gasteiger partial charge in [-0.1, -0.05) is 57.6 Å². The van der Waals surface area contributed by atoms with Gasteiger partial charge in [-0.25, -0.2) is 4.79 Å². The van der Waals surface area contributed by atoms with Crippen molar-refractivity contribution in [1.29, 1.82) is 0 Å². The highest BCUT2D eigenvalue weighted by atomic mass is 19.4. The van der Waals surface area contributed by atoms with Gasteiger partial charge in [-0.3, -0.25) is 0 Å². The zero-order valence-electron chi connectivity index (χ0n) is 20.8. The van der Waals surface area contributed by atoms with Crippen LogP contribution in [0.3, 0.4) is 0 Å². The predicted octanol–water partition coefficient (Wildman–Crippen LogP) is 8.29. The Hall–Kier alpha value is -2.96. The largest absolute Gasteiger partial charge is 0.494 e. The number of hydrogen-bond acceptors (Lipinski definition) is 3. The van der Waals surface area contributed by atoms with E-state index >= 15 is 0 Å². The van der Waals surface area contributed by atoms with Crippen LogP contribution in [-0.2, 0) is 17.6 Å². The zero-order valence-corrected chi connectivity index (χ0v) is 20.8. The fraction of sp³-hybridized carbons (Fsp3) is 0.483. The van der Waals surface area contributed by atoms with E-state index in [2.05, 4.69) is 0 Å². The Balaban J connectivity index is 1.75. The number of hydrogen-bond donors (Lipinski definition) is 1. The Kier molecular flexibility index (Phi) is 10.3. The first-order chi connectivity index (χ1) is 17.3. The van der Waals surface area contributed by atoms with Crippen LogP contribution in [0.25, 0.3) is 6.08 Å². The number of carboxylic acid groups (broad SMARTS) is 1. The molecule has 0 radical (unpaired) electrons. The number of rotatable bonds is 12. The number of benzene rings is 2. The van der Waals surface area contributed by atoms with Crippen LogP contribution in [0.4, 0.5) is 13.2 Å². The third kappa shape index (κ3) is 8.61. The second kappa shape index (κ2) is 13.4. The molecule has 3 rings (SSSR count). The smallest absolute Gasteiger partial charge is 0.416 e. The fourth-order valence-corrected chi connectivity index (χ4v) is 4.43. The molecule has 0 bridgehead atoms. The van der Waals surface area contributed by atoms with Crippen LogP contribution in [-0.4, -0.2) is 17.7 Å². The topological polar surface area (TPSA) is 55.8 Å². The third-order valence-corrected chi connectivity index (χ3v) is 6.58. The van der Waals surface area contributed by atoms with Crippen LogP contribution in [0.15, 0.2) is 48.0 Å². The van der Waals surface area contributed by atoms with Crippen LogP contribution in [0.2, 0.25) is 0 Å². The summed E-state index contributed by atoms with van der Waals surface area (Å²) in [5, 5.41) is 9.67. The minimum absolute atomic E-state index is 0.0538. The Morgan fingerprint density at radius 2 is 1.78 bits per heavy atom. The van der Waals surface area contributed by atoms with Crippen molar-refractivity contribution in [1.82, 2.24) is 0 Å². The maximum absolute atomic E-state index is 12.8. The molecular formula is C29H35F3O4. The Morgan fingerprint density at radius 3 is 2.42 bits per heavy atom. The van der Waals surface area contributed by atoms with Crippen molar-refractivity contribution in [3.05, 3.63) is 64.7 Å². The molecule has 0 atom stereocenters. The maximum Gasteiger partial charge on any atom is 0.416 e. The van der Waals surface area contributed by atoms with Crippen molar-refractivity contribution in [2.24, 2.45) is 5.92 Å². The van der Waals surface area contributed by atoms with Crippen molar-refractivity contribution in [3.8, 4) is 11.5 Å². The van der Waals surface area contributed by atoms with Crippen molar-refractivity contribution in [2.75, 3.05) is 6.61 Å². The van der Waals surface area contributed by atoms with E-state index in [1.54, 1.807) is 24.3 Å². The summed E-state index contributed by atoms with van der Waals surface area (Å²) < 4.78 is 50.4. The first kappa shape index (κ1) is 27.6. The van der Waals surface area contributed by atoms with Gasteiger partial charge in [0.25, 0.3) is 0 Å². The Bertz CT molecular complexity index is 1010. The number of carbonyl (C=O) groups is 1. The highest BCUT2D eigenvalue weighted by molar-refractivity contribution is 5.92. The quantitative estimate of drug-likeness (QED) is 0.296. The minimum Gasteiger partial charge on any atom is -0.494 e. The van der Waals surface area contributed by atoms with Crippen LogP contribution in [0.1, 0.15) is 81.4 Å². The molecule has 1 fully saturated rings. The number of aliphatic carboxylic acids is 1. The SMILES string of the molecule is CCCC/C(=C\c1cc(OCCC2CCCCC2)ccc1OCc1ccc(C(F)(F)F)cc1)C(=O)O. The first-order valence-electron chi connectivity index (χ1n) is 12.8. The molecule has 4 nitrogen and oxygen atoms in total. The summed E-state index contributed by atoms with van der Waals surface area (Å²) in [6, 6.07) is 10.1. The molecule has 1 aliphatic rings. The molecule has 0 amide bonds. The molecule has 2 aromatic carbocycles. The number of alkyl halides is 3. The summed E-state index contributed by atoms with van der Waals surface area (Å²) in [5.41, 5.74) is 0.711. The second-order valence-corrected chi connectivity index (χ2v) is 9.40. The van der Waals surface area contributed by atoms with E-state index in [0.717, 1.165) is 31.4 Å². The molecule has 0 heterocycles. The lowest BCUT2D eigenvalue weighted by molar-refractivity contribution is -0.137. The van der Waals surface area contributed by atoms with Gasteiger partial charge in [0.2, 0.25) is 0 Å². The van der Waals surface area contributed by atoms with Gasteiger partial charge in [0.05, 0.1) is 12.2 Å². The molecule has 0 saturated heterocycles. The highest BCUT2D eigenvalue weighted by Gasteiger charge is 2.29. The number of ether oxygens (including phenoxy) is 2. The van der Waals surface area contributed by atoms with E-state index in [0.29, 0.717) is 41.6 Å². The molecule has 0 aromatic heterocycles. The van der Waals surface area contributed by atoms with E-state index < -0.39 is 17.7 Å². The normalized spacial score (nSPS) is 15.1. The Morgan fingerprint density at radius 1 is 1.06 bits per heavy atom. The van der Waals surface area contributed by atoms with Gasteiger partial charge in [0.1, 0.15) is 18.1 Å². The van der Waals surface area contributed by atoms with E-state index in [-0.39, 0.29) is 12.2 Å². The van der Waals surface area contributed by atoms with E-state index in [1.165, 1.54) is 44.2 Å². The molecule has 7 heteroatoms. The van der Waals surface area contributed by atoms with Gasteiger partial charge in [0, 0.05) is 11.1 Å². The molecule has 1 saturated carbocycles. The summed E-state index contributed by atoms with van der Waals surface area (Å²) in [5.74, 6) is 0.793. The van der Waals surface area contributed by atoms with Gasteiger partial charge in [-0.2, -0.15) is 13.2 Å². The van der Waals surface area contributed by atoms with Crippen LogP contribution < -0.4 is 9.47 Å². The van der Waals surface area contributed by atoms with Gasteiger partial charge >= 0.3 is 12.1 Å². The molecule has 1 N–H and O–H groups in total.